The summed E-state index contributed by atoms with van der Waals surface area (Å²) in [6.45, 7) is 0. The lowest BCUT2D eigenvalue weighted by Crippen LogP contribution is -2.47. The zero-order valence-electron chi connectivity index (χ0n) is 16.6. The van der Waals surface area contributed by atoms with Gasteiger partial charge in [-0.3, -0.25) is 4.79 Å². The minimum absolute atomic E-state index is 0.0819. The number of rotatable bonds is 6. The molecule has 0 bridgehead atoms. The van der Waals surface area contributed by atoms with Crippen LogP contribution in [0.25, 0.3) is 0 Å². The molecule has 144 valence electrons. The van der Waals surface area contributed by atoms with E-state index in [1.807, 2.05) is 0 Å². The van der Waals surface area contributed by atoms with Crippen LogP contribution in [0.4, 0.5) is 0 Å². The first-order valence-corrected chi connectivity index (χ1v) is 12.2. The Morgan fingerprint density at radius 2 is 1.08 bits per heavy atom. The molecule has 3 rings (SSSR count). The van der Waals surface area contributed by atoms with Crippen molar-refractivity contribution in [2.24, 2.45) is 23.2 Å². The van der Waals surface area contributed by atoms with Crippen LogP contribution in [0, 0.1) is 23.2 Å². The maximum atomic E-state index is 12.1. The second-order valence-electron chi connectivity index (χ2n) is 9.19. The molecule has 0 unspecified atom stereocenters. The summed E-state index contributed by atoms with van der Waals surface area (Å²) in [5, 5.41) is 0. The van der Waals surface area contributed by atoms with Gasteiger partial charge in [0, 0.05) is 6.42 Å². The fourth-order valence-corrected chi connectivity index (χ4v) is 7.16. The Balaban J connectivity index is 1.89. The van der Waals surface area contributed by atoms with Gasteiger partial charge in [0.25, 0.3) is 5.97 Å². The van der Waals surface area contributed by atoms with Crippen molar-refractivity contribution in [1.29, 1.82) is 0 Å². The van der Waals surface area contributed by atoms with Gasteiger partial charge in [0.05, 0.1) is 0 Å². The number of hydrogen-bond donors (Lipinski definition) is 0. The molecular weight excluding hydrogens is 324 g/mol. The Labute approximate surface area is 158 Å². The Kier molecular flexibility index (Phi) is 7.45. The van der Waals surface area contributed by atoms with E-state index in [1.54, 1.807) is 0 Å². The van der Waals surface area contributed by atoms with Gasteiger partial charge in [-0.2, -0.15) is 0 Å². The van der Waals surface area contributed by atoms with Crippen LogP contribution in [0.3, 0.4) is 0 Å². The Morgan fingerprint density at radius 3 is 1.40 bits per heavy atom. The van der Waals surface area contributed by atoms with E-state index in [2.05, 4.69) is 0 Å². The predicted octanol–water partition coefficient (Wildman–Crippen LogP) is 5.32. The molecule has 0 amide bonds. The topological polar surface area (TPSA) is 26.3 Å². The summed E-state index contributed by atoms with van der Waals surface area (Å²) in [7, 11) is 0.554. The summed E-state index contributed by atoms with van der Waals surface area (Å²) in [4.78, 5) is 12.1. The SMILES string of the molecule is O=C(CCC(C1CCCCC1)(C1CCCCC1)C1CCCCC1)O[SiH3]. The lowest BCUT2D eigenvalue weighted by Gasteiger charge is -2.55. The molecule has 2 nitrogen and oxygen atoms in total. The number of carbonyl (C=O) groups is 1. The van der Waals surface area contributed by atoms with Gasteiger partial charge in [-0.15, -0.1) is 0 Å². The van der Waals surface area contributed by atoms with Gasteiger partial charge in [-0.05, 0) is 68.1 Å². The average Bonchev–Trinajstić information content (AvgIpc) is 2.71. The summed E-state index contributed by atoms with van der Waals surface area (Å²) in [6.07, 6.45) is 23.3. The monoisotopic (exact) mass is 364 g/mol. The van der Waals surface area contributed by atoms with E-state index in [0.717, 1.165) is 24.2 Å². The van der Waals surface area contributed by atoms with Crippen LogP contribution in [0.2, 0.25) is 0 Å². The van der Waals surface area contributed by atoms with Crippen molar-refractivity contribution >= 4 is 16.5 Å². The van der Waals surface area contributed by atoms with Crippen LogP contribution in [0.1, 0.15) is 109 Å². The molecule has 25 heavy (non-hydrogen) atoms. The molecule has 0 spiro atoms. The zero-order chi connectivity index (χ0) is 17.5. The fraction of sp³-hybridized carbons (Fsp3) is 0.955. The van der Waals surface area contributed by atoms with Crippen molar-refractivity contribution in [2.75, 3.05) is 0 Å². The molecule has 3 aliphatic rings. The number of carbonyl (C=O) groups excluding carboxylic acids is 1. The molecule has 0 heterocycles. The molecule has 0 atom stereocenters. The van der Waals surface area contributed by atoms with Gasteiger partial charge in [-0.1, -0.05) is 57.8 Å². The molecule has 0 aliphatic heterocycles. The molecule has 0 N–H and O–H groups in total. The van der Waals surface area contributed by atoms with Crippen molar-refractivity contribution in [3.63, 3.8) is 0 Å². The lowest BCUT2D eigenvalue weighted by atomic mass is 9.50. The third-order valence-corrected chi connectivity index (χ3v) is 8.54. The summed E-state index contributed by atoms with van der Waals surface area (Å²) < 4.78 is 5.21. The summed E-state index contributed by atoms with van der Waals surface area (Å²) in [5.74, 6) is 2.73. The van der Waals surface area contributed by atoms with E-state index in [1.165, 1.54) is 96.3 Å². The van der Waals surface area contributed by atoms with Crippen molar-refractivity contribution in [2.45, 2.75) is 109 Å². The third kappa shape index (κ3) is 4.51. The fourth-order valence-electron chi connectivity index (χ4n) is 6.95. The van der Waals surface area contributed by atoms with Crippen molar-refractivity contribution < 1.29 is 9.22 Å². The molecule has 3 saturated carbocycles. The third-order valence-electron chi connectivity index (χ3n) is 8.09. The van der Waals surface area contributed by atoms with E-state index < -0.39 is 0 Å². The molecule has 3 aliphatic carbocycles. The molecule has 0 aromatic rings. The smallest absolute Gasteiger partial charge is 0.291 e. The molecule has 0 aromatic heterocycles. The van der Waals surface area contributed by atoms with Crippen LogP contribution < -0.4 is 0 Å². The first kappa shape index (κ1) is 19.4. The van der Waals surface area contributed by atoms with Crippen LogP contribution in [-0.4, -0.2) is 16.5 Å². The normalized spacial score (nSPS) is 25.1. The molecular formula is C22H40O2Si. The minimum Gasteiger partial charge on any atom is -0.529 e. The Hall–Kier alpha value is -0.313. The summed E-state index contributed by atoms with van der Waals surface area (Å²) >= 11 is 0. The molecule has 0 radical (unpaired) electrons. The number of hydrogen-bond acceptors (Lipinski definition) is 2. The van der Waals surface area contributed by atoms with Gasteiger partial charge in [0.2, 0.25) is 10.5 Å². The minimum atomic E-state index is 0.0819. The van der Waals surface area contributed by atoms with Crippen LogP contribution in [0.5, 0.6) is 0 Å². The lowest BCUT2D eigenvalue weighted by molar-refractivity contribution is -0.136. The largest absolute Gasteiger partial charge is 0.529 e. The van der Waals surface area contributed by atoms with E-state index in [0.29, 0.717) is 22.3 Å². The maximum absolute atomic E-state index is 12.1. The summed E-state index contributed by atoms with van der Waals surface area (Å²) in [5.41, 5.74) is 0.455. The average molecular weight is 365 g/mol. The highest BCUT2D eigenvalue weighted by Gasteiger charge is 2.50. The van der Waals surface area contributed by atoms with Crippen LogP contribution in [-0.2, 0) is 9.22 Å². The van der Waals surface area contributed by atoms with Crippen molar-refractivity contribution in [1.82, 2.24) is 0 Å². The summed E-state index contributed by atoms with van der Waals surface area (Å²) in [6, 6.07) is 0. The van der Waals surface area contributed by atoms with Gasteiger partial charge >= 0.3 is 0 Å². The van der Waals surface area contributed by atoms with E-state index in [4.69, 9.17) is 4.43 Å². The Morgan fingerprint density at radius 1 is 0.720 bits per heavy atom. The van der Waals surface area contributed by atoms with E-state index in [-0.39, 0.29) is 5.97 Å². The van der Waals surface area contributed by atoms with Gasteiger partial charge in [-0.25, -0.2) is 0 Å². The van der Waals surface area contributed by atoms with Crippen LogP contribution in [0.15, 0.2) is 0 Å². The standard InChI is InChI=1S/C22H40O2Si/c23-21(24-25)16-17-22(18-10-4-1-5-11-18,19-12-6-2-7-13-19)20-14-8-3-9-15-20/h18-20H,1-17H2,25H3. The second kappa shape index (κ2) is 9.57. The van der Waals surface area contributed by atoms with E-state index >= 15 is 0 Å². The Bertz CT molecular complexity index is 359. The molecule has 3 heteroatoms. The highest BCUT2D eigenvalue weighted by molar-refractivity contribution is 6.05. The van der Waals surface area contributed by atoms with Gasteiger partial charge < -0.3 is 4.43 Å². The highest BCUT2D eigenvalue weighted by Crippen LogP contribution is 2.59. The maximum Gasteiger partial charge on any atom is 0.291 e. The van der Waals surface area contributed by atoms with Crippen molar-refractivity contribution in [3.8, 4) is 0 Å². The first-order valence-electron chi connectivity index (χ1n) is 11.3. The zero-order valence-corrected chi connectivity index (χ0v) is 18.6. The van der Waals surface area contributed by atoms with Gasteiger partial charge in [0.15, 0.2) is 0 Å². The molecule has 3 fully saturated rings. The molecule has 0 saturated heterocycles. The van der Waals surface area contributed by atoms with Crippen molar-refractivity contribution in [3.05, 3.63) is 0 Å². The second-order valence-corrected chi connectivity index (χ2v) is 9.60. The molecule has 0 aromatic carbocycles. The van der Waals surface area contributed by atoms with E-state index in [9.17, 15) is 4.79 Å². The van der Waals surface area contributed by atoms with Gasteiger partial charge in [0.1, 0.15) is 0 Å². The predicted molar refractivity (Wildman–Crippen MR) is 107 cm³/mol. The highest BCUT2D eigenvalue weighted by atomic mass is 28.2. The first-order chi connectivity index (χ1) is 12.3. The van der Waals surface area contributed by atoms with Crippen LogP contribution >= 0.6 is 0 Å². The quantitative estimate of drug-likeness (QED) is 0.596.